The summed E-state index contributed by atoms with van der Waals surface area (Å²) in [6, 6.07) is 5.34. The van der Waals surface area contributed by atoms with Gasteiger partial charge in [-0.05, 0) is 76.9 Å². The summed E-state index contributed by atoms with van der Waals surface area (Å²) in [6.07, 6.45) is 5.70. The van der Waals surface area contributed by atoms with Crippen LogP contribution in [0.15, 0.2) is 22.7 Å². The number of nitrogens with two attached hydrogens (primary N) is 1. The van der Waals surface area contributed by atoms with Gasteiger partial charge in [0.25, 0.3) is 0 Å². The summed E-state index contributed by atoms with van der Waals surface area (Å²) >= 11 is 3.34. The van der Waals surface area contributed by atoms with Crippen LogP contribution in [0, 0.1) is 23.1 Å². The molecular formula is C18H27BrFN. The lowest BCUT2D eigenvalue weighted by atomic mass is 9.68. The first-order valence-electron chi connectivity index (χ1n) is 7.97. The van der Waals surface area contributed by atoms with Gasteiger partial charge in [0.1, 0.15) is 5.82 Å². The van der Waals surface area contributed by atoms with Gasteiger partial charge >= 0.3 is 0 Å². The lowest BCUT2D eigenvalue weighted by Gasteiger charge is -2.38. The van der Waals surface area contributed by atoms with Gasteiger partial charge < -0.3 is 5.73 Å². The van der Waals surface area contributed by atoms with E-state index in [1.807, 2.05) is 6.07 Å². The van der Waals surface area contributed by atoms with E-state index >= 15 is 0 Å². The van der Waals surface area contributed by atoms with Crippen LogP contribution in [-0.4, -0.2) is 6.04 Å². The standard InChI is InChI=1S/C18H27BrFN/c1-18(2,3)14-9-7-12(8-10-14)16(21)11-13-5-4-6-15(20)17(13)19/h4-6,12,14,16H,7-11,21H2,1-3H3. The Kier molecular flexibility index (Phi) is 5.48. The summed E-state index contributed by atoms with van der Waals surface area (Å²) in [6.45, 7) is 7.01. The highest BCUT2D eigenvalue weighted by Crippen LogP contribution is 2.40. The summed E-state index contributed by atoms with van der Waals surface area (Å²) < 4.78 is 14.1. The molecule has 0 spiro atoms. The van der Waals surface area contributed by atoms with E-state index in [-0.39, 0.29) is 11.9 Å². The molecular weight excluding hydrogens is 329 g/mol. The molecule has 3 heteroatoms. The SMILES string of the molecule is CC(C)(C)C1CCC(C(N)Cc2cccc(F)c2Br)CC1. The predicted octanol–water partition coefficient (Wildman–Crippen LogP) is 5.31. The average Bonchev–Trinajstić information content (AvgIpc) is 2.43. The van der Waals surface area contributed by atoms with Gasteiger partial charge in [-0.2, -0.15) is 0 Å². The first-order chi connectivity index (χ1) is 9.79. The highest BCUT2D eigenvalue weighted by atomic mass is 79.9. The molecule has 0 saturated heterocycles. The molecule has 1 aromatic rings. The van der Waals surface area contributed by atoms with Crippen molar-refractivity contribution in [3.05, 3.63) is 34.1 Å². The zero-order valence-electron chi connectivity index (χ0n) is 13.3. The Morgan fingerprint density at radius 1 is 1.24 bits per heavy atom. The maximum absolute atomic E-state index is 13.6. The Bertz CT molecular complexity index is 473. The van der Waals surface area contributed by atoms with Gasteiger partial charge in [0.15, 0.2) is 0 Å². The lowest BCUT2D eigenvalue weighted by Crippen LogP contribution is -2.37. The Morgan fingerprint density at radius 3 is 2.43 bits per heavy atom. The number of rotatable bonds is 3. The van der Waals surface area contributed by atoms with Crippen LogP contribution in [-0.2, 0) is 6.42 Å². The fourth-order valence-electron chi connectivity index (χ4n) is 3.54. The Hall–Kier alpha value is -0.410. The molecule has 118 valence electrons. The van der Waals surface area contributed by atoms with Crippen molar-refractivity contribution < 1.29 is 4.39 Å². The summed E-state index contributed by atoms with van der Waals surface area (Å²) in [4.78, 5) is 0. The fraction of sp³-hybridized carbons (Fsp3) is 0.667. The number of hydrogen-bond acceptors (Lipinski definition) is 1. The largest absolute Gasteiger partial charge is 0.327 e. The highest BCUT2D eigenvalue weighted by Gasteiger charge is 2.31. The van der Waals surface area contributed by atoms with Crippen LogP contribution in [0.1, 0.15) is 52.0 Å². The maximum Gasteiger partial charge on any atom is 0.137 e. The van der Waals surface area contributed by atoms with Crippen LogP contribution in [0.25, 0.3) is 0 Å². The first-order valence-corrected chi connectivity index (χ1v) is 8.77. The van der Waals surface area contributed by atoms with E-state index < -0.39 is 0 Å². The Morgan fingerprint density at radius 2 is 1.86 bits per heavy atom. The fourth-order valence-corrected chi connectivity index (χ4v) is 3.97. The summed E-state index contributed by atoms with van der Waals surface area (Å²) in [5.41, 5.74) is 7.80. The molecule has 2 N–H and O–H groups in total. The molecule has 0 bridgehead atoms. The zero-order chi connectivity index (χ0) is 15.6. The molecule has 1 saturated carbocycles. The van der Waals surface area contributed by atoms with Crippen molar-refractivity contribution in [3.8, 4) is 0 Å². The quantitative estimate of drug-likeness (QED) is 0.780. The van der Waals surface area contributed by atoms with Crippen LogP contribution in [0.5, 0.6) is 0 Å². The van der Waals surface area contributed by atoms with E-state index in [9.17, 15) is 4.39 Å². The van der Waals surface area contributed by atoms with Crippen molar-refractivity contribution in [2.75, 3.05) is 0 Å². The van der Waals surface area contributed by atoms with Crippen molar-refractivity contribution in [2.24, 2.45) is 23.0 Å². The van der Waals surface area contributed by atoms with Gasteiger partial charge in [-0.15, -0.1) is 0 Å². The average molecular weight is 356 g/mol. The molecule has 1 fully saturated rings. The van der Waals surface area contributed by atoms with Crippen molar-refractivity contribution >= 4 is 15.9 Å². The highest BCUT2D eigenvalue weighted by molar-refractivity contribution is 9.10. The smallest absolute Gasteiger partial charge is 0.137 e. The summed E-state index contributed by atoms with van der Waals surface area (Å²) in [7, 11) is 0. The second-order valence-corrected chi connectivity index (χ2v) is 8.35. The summed E-state index contributed by atoms with van der Waals surface area (Å²) in [5, 5.41) is 0. The van der Waals surface area contributed by atoms with E-state index in [0.717, 1.165) is 17.9 Å². The van der Waals surface area contributed by atoms with Gasteiger partial charge in [-0.25, -0.2) is 4.39 Å². The minimum absolute atomic E-state index is 0.129. The normalized spacial score (nSPS) is 24.9. The molecule has 1 aliphatic rings. The topological polar surface area (TPSA) is 26.0 Å². The Labute approximate surface area is 136 Å². The van der Waals surface area contributed by atoms with E-state index in [4.69, 9.17) is 5.73 Å². The van der Waals surface area contributed by atoms with Gasteiger partial charge in [-0.3, -0.25) is 0 Å². The lowest BCUT2D eigenvalue weighted by molar-refractivity contribution is 0.139. The molecule has 1 aromatic carbocycles. The van der Waals surface area contributed by atoms with E-state index in [1.54, 1.807) is 6.07 Å². The van der Waals surface area contributed by atoms with Crippen LogP contribution >= 0.6 is 15.9 Å². The van der Waals surface area contributed by atoms with Gasteiger partial charge in [0.05, 0.1) is 4.47 Å². The third kappa shape index (κ3) is 4.29. The molecule has 1 nitrogen and oxygen atoms in total. The van der Waals surface area contributed by atoms with Crippen molar-refractivity contribution in [2.45, 2.75) is 58.9 Å². The molecule has 21 heavy (non-hydrogen) atoms. The maximum atomic E-state index is 13.6. The van der Waals surface area contributed by atoms with E-state index in [1.165, 1.54) is 31.7 Å². The second kappa shape index (κ2) is 6.78. The minimum atomic E-state index is -0.198. The van der Waals surface area contributed by atoms with Crippen LogP contribution in [0.3, 0.4) is 0 Å². The van der Waals surface area contributed by atoms with E-state index in [2.05, 4.69) is 36.7 Å². The first kappa shape index (κ1) is 17.0. The predicted molar refractivity (Wildman–Crippen MR) is 90.7 cm³/mol. The van der Waals surface area contributed by atoms with Gasteiger partial charge in [0, 0.05) is 6.04 Å². The molecule has 0 radical (unpaired) electrons. The summed E-state index contributed by atoms with van der Waals surface area (Å²) in [5.74, 6) is 1.18. The molecule has 0 heterocycles. The molecule has 0 aliphatic heterocycles. The molecule has 0 aromatic heterocycles. The molecule has 1 atom stereocenters. The van der Waals surface area contributed by atoms with Crippen molar-refractivity contribution in [1.82, 2.24) is 0 Å². The van der Waals surface area contributed by atoms with Crippen LogP contribution in [0.4, 0.5) is 4.39 Å². The zero-order valence-corrected chi connectivity index (χ0v) is 14.9. The molecule has 0 amide bonds. The minimum Gasteiger partial charge on any atom is -0.327 e. The van der Waals surface area contributed by atoms with E-state index in [0.29, 0.717) is 15.8 Å². The van der Waals surface area contributed by atoms with Crippen molar-refractivity contribution in [3.63, 3.8) is 0 Å². The van der Waals surface area contributed by atoms with Crippen LogP contribution in [0.2, 0.25) is 0 Å². The second-order valence-electron chi connectivity index (χ2n) is 7.56. The number of benzene rings is 1. The molecule has 2 rings (SSSR count). The van der Waals surface area contributed by atoms with Gasteiger partial charge in [0.2, 0.25) is 0 Å². The van der Waals surface area contributed by atoms with Crippen molar-refractivity contribution in [1.29, 1.82) is 0 Å². The third-order valence-corrected chi connectivity index (χ3v) is 5.98. The monoisotopic (exact) mass is 355 g/mol. The molecule has 1 unspecified atom stereocenters. The van der Waals surface area contributed by atoms with Gasteiger partial charge in [-0.1, -0.05) is 32.9 Å². The number of halogens is 2. The third-order valence-electron chi connectivity index (χ3n) is 5.09. The Balaban J connectivity index is 1.93. The molecule has 1 aliphatic carbocycles. The number of hydrogen-bond donors (Lipinski definition) is 1. The van der Waals surface area contributed by atoms with Crippen LogP contribution < -0.4 is 5.73 Å².